The van der Waals surface area contributed by atoms with Gasteiger partial charge in [-0.1, -0.05) is 11.6 Å². The first-order chi connectivity index (χ1) is 9.84. The van der Waals surface area contributed by atoms with Gasteiger partial charge in [0.15, 0.2) is 18.2 Å². The molecule has 0 fully saturated rings. The van der Waals surface area contributed by atoms with Gasteiger partial charge in [0.05, 0.1) is 5.02 Å². The summed E-state index contributed by atoms with van der Waals surface area (Å²) < 4.78 is 42.4. The number of carbonyl (C=O) groups is 1. The number of carboxylic acid groups (broad SMARTS) is 1. The first kappa shape index (κ1) is 15.1. The minimum atomic E-state index is -4.11. The Labute approximate surface area is 120 Å². The number of aromatic carboxylic acids is 1. The second kappa shape index (κ2) is 5.60. The second-order valence-electron chi connectivity index (χ2n) is 3.77. The highest BCUT2D eigenvalue weighted by Gasteiger charge is 2.33. The topological polar surface area (TPSA) is 77.2 Å². The summed E-state index contributed by atoms with van der Waals surface area (Å²) in [6.07, 6.45) is -2.80. The van der Waals surface area contributed by atoms with Crippen molar-refractivity contribution in [3.63, 3.8) is 0 Å². The molecular weight excluding hydrogens is 315 g/mol. The van der Waals surface area contributed by atoms with Crippen molar-refractivity contribution >= 4 is 17.6 Å². The Kier molecular flexibility index (Phi) is 4.03. The molecule has 0 radical (unpaired) electrons. The highest BCUT2D eigenvalue weighted by Crippen LogP contribution is 2.25. The van der Waals surface area contributed by atoms with Gasteiger partial charge in [-0.15, -0.1) is 5.10 Å². The van der Waals surface area contributed by atoms with E-state index in [1.54, 1.807) is 0 Å². The number of rotatable bonds is 5. The van der Waals surface area contributed by atoms with Crippen LogP contribution >= 0.6 is 11.6 Å². The van der Waals surface area contributed by atoms with Crippen molar-refractivity contribution in [2.24, 2.45) is 0 Å². The molecule has 10 heteroatoms. The Hall–Kier alpha value is -2.29. The third-order valence-electron chi connectivity index (χ3n) is 2.26. The highest BCUT2D eigenvalue weighted by molar-refractivity contribution is 6.32. The molecule has 6 nitrogen and oxygen atoms in total. The fourth-order valence-electron chi connectivity index (χ4n) is 1.44. The summed E-state index contributed by atoms with van der Waals surface area (Å²) in [5, 5.41) is 12.6. The van der Waals surface area contributed by atoms with E-state index in [1.807, 2.05) is 0 Å². The molecule has 0 bridgehead atoms. The first-order valence-electron chi connectivity index (χ1n) is 5.41. The average molecular weight is 322 g/mol. The van der Waals surface area contributed by atoms with Gasteiger partial charge in [-0.25, -0.2) is 18.9 Å². The predicted molar refractivity (Wildman–Crippen MR) is 64.9 cm³/mol. The number of alkyl halides is 3. The average Bonchev–Trinajstić information content (AvgIpc) is 2.82. The third kappa shape index (κ3) is 3.24. The van der Waals surface area contributed by atoms with Gasteiger partial charge in [0.25, 0.3) is 0 Å². The van der Waals surface area contributed by atoms with E-state index in [2.05, 4.69) is 14.8 Å². The smallest absolute Gasteiger partial charge is 0.428 e. The Morgan fingerprint density at radius 1 is 1.52 bits per heavy atom. The molecule has 0 aliphatic heterocycles. The van der Waals surface area contributed by atoms with Crippen LogP contribution in [0.25, 0.3) is 5.82 Å². The molecule has 0 spiro atoms. The molecule has 1 N–H and O–H groups in total. The van der Waals surface area contributed by atoms with Gasteiger partial charge in [0, 0.05) is 12.3 Å². The van der Waals surface area contributed by atoms with Gasteiger partial charge >= 0.3 is 12.1 Å². The highest BCUT2D eigenvalue weighted by atomic mass is 35.5. The molecule has 0 atom stereocenters. The van der Waals surface area contributed by atoms with Gasteiger partial charge in [-0.3, -0.25) is 0 Å². The first-order valence-corrected chi connectivity index (χ1v) is 5.79. The molecule has 0 saturated carbocycles. The van der Waals surface area contributed by atoms with Crippen LogP contribution in [0.5, 0.6) is 5.88 Å². The van der Waals surface area contributed by atoms with Crippen LogP contribution in [-0.4, -0.2) is 38.6 Å². The molecule has 2 aromatic heterocycles. The van der Waals surface area contributed by atoms with Crippen LogP contribution < -0.4 is 4.74 Å². The molecule has 0 saturated heterocycles. The normalized spacial score (nSPS) is 11.4. The van der Waals surface area contributed by atoms with Gasteiger partial charge in [-0.2, -0.15) is 8.78 Å². The number of pyridine rings is 1. The molecule has 0 amide bonds. The van der Waals surface area contributed by atoms with E-state index in [0.717, 1.165) is 6.07 Å². The van der Waals surface area contributed by atoms with E-state index >= 15 is 0 Å². The minimum absolute atomic E-state index is 0.0481. The maximum atomic E-state index is 12.8. The molecule has 0 unspecified atom stereocenters. The van der Waals surface area contributed by atoms with Crippen molar-refractivity contribution in [2.75, 3.05) is 6.67 Å². The fraction of sp³-hybridized carbons (Fsp3) is 0.182. The van der Waals surface area contributed by atoms with E-state index in [-0.39, 0.29) is 10.8 Å². The maximum absolute atomic E-state index is 12.8. The zero-order valence-corrected chi connectivity index (χ0v) is 10.9. The molecule has 112 valence electrons. The lowest BCUT2D eigenvalue weighted by Crippen LogP contribution is -2.27. The molecule has 0 aromatic carbocycles. The van der Waals surface area contributed by atoms with Crippen molar-refractivity contribution in [3.05, 3.63) is 35.1 Å². The lowest BCUT2D eigenvalue weighted by atomic mass is 10.4. The van der Waals surface area contributed by atoms with E-state index in [4.69, 9.17) is 16.7 Å². The van der Waals surface area contributed by atoms with Crippen LogP contribution in [0, 0.1) is 0 Å². The van der Waals surface area contributed by atoms with Crippen molar-refractivity contribution in [3.8, 4) is 11.7 Å². The quantitative estimate of drug-likeness (QED) is 0.915. The van der Waals surface area contributed by atoms with E-state index in [9.17, 15) is 18.0 Å². The van der Waals surface area contributed by atoms with E-state index < -0.39 is 30.3 Å². The fourth-order valence-corrected chi connectivity index (χ4v) is 1.64. The molecule has 21 heavy (non-hydrogen) atoms. The van der Waals surface area contributed by atoms with E-state index in [1.165, 1.54) is 18.3 Å². The zero-order chi connectivity index (χ0) is 15.6. The maximum Gasteiger partial charge on any atom is 0.428 e. The SMILES string of the molecule is O=C(O)c1cc(OC(F)(F)CF)nn1-c1ncccc1Cl. The van der Waals surface area contributed by atoms with Crippen LogP contribution in [0.1, 0.15) is 10.5 Å². The molecule has 0 aliphatic rings. The van der Waals surface area contributed by atoms with E-state index in [0.29, 0.717) is 4.68 Å². The Bertz CT molecular complexity index is 678. The third-order valence-corrected chi connectivity index (χ3v) is 2.55. The minimum Gasteiger partial charge on any atom is -0.477 e. The summed E-state index contributed by atoms with van der Waals surface area (Å²) >= 11 is 5.84. The number of aromatic nitrogens is 3. The van der Waals surface area contributed by atoms with Crippen LogP contribution in [-0.2, 0) is 0 Å². The van der Waals surface area contributed by atoms with Gasteiger partial charge in [-0.05, 0) is 12.1 Å². The summed E-state index contributed by atoms with van der Waals surface area (Å²) in [4.78, 5) is 14.9. The zero-order valence-electron chi connectivity index (χ0n) is 10.1. The van der Waals surface area contributed by atoms with Crippen molar-refractivity contribution in [1.82, 2.24) is 14.8 Å². The molecule has 2 rings (SSSR count). The van der Waals surface area contributed by atoms with Gasteiger partial charge < -0.3 is 9.84 Å². The second-order valence-corrected chi connectivity index (χ2v) is 4.17. The Morgan fingerprint density at radius 3 is 2.81 bits per heavy atom. The molecule has 0 aliphatic carbocycles. The molecule has 2 aromatic rings. The number of hydrogen-bond donors (Lipinski definition) is 1. The van der Waals surface area contributed by atoms with Crippen molar-refractivity contribution in [2.45, 2.75) is 6.11 Å². The number of halogens is 4. The summed E-state index contributed by atoms with van der Waals surface area (Å²) in [6, 6.07) is 3.62. The lowest BCUT2D eigenvalue weighted by Gasteiger charge is -2.11. The number of carboxylic acids is 1. The van der Waals surface area contributed by atoms with Crippen LogP contribution in [0.2, 0.25) is 5.02 Å². The molecular formula is C11H7ClF3N3O3. The predicted octanol–water partition coefficient (Wildman–Crippen LogP) is 2.56. The summed E-state index contributed by atoms with van der Waals surface area (Å²) in [5.41, 5.74) is -0.514. The summed E-state index contributed by atoms with van der Waals surface area (Å²) in [7, 11) is 0. The number of ether oxygens (including phenoxy) is 1. The van der Waals surface area contributed by atoms with Gasteiger partial charge in [0.2, 0.25) is 5.88 Å². The van der Waals surface area contributed by atoms with Crippen LogP contribution in [0.3, 0.4) is 0 Å². The lowest BCUT2D eigenvalue weighted by molar-refractivity contribution is -0.188. The standard InChI is InChI=1S/C11H7ClF3N3O3/c12-6-2-1-3-16-9(6)18-7(10(19)20)4-8(17-18)21-11(14,15)5-13/h1-4H,5H2,(H,19,20). The van der Waals surface area contributed by atoms with Gasteiger partial charge in [0.1, 0.15) is 0 Å². The Balaban J connectivity index is 2.49. The number of hydrogen-bond acceptors (Lipinski definition) is 4. The molecule has 2 heterocycles. The Morgan fingerprint density at radius 2 is 2.24 bits per heavy atom. The largest absolute Gasteiger partial charge is 0.477 e. The van der Waals surface area contributed by atoms with Crippen molar-refractivity contribution in [1.29, 1.82) is 0 Å². The van der Waals surface area contributed by atoms with Crippen LogP contribution in [0.15, 0.2) is 24.4 Å². The monoisotopic (exact) mass is 321 g/mol. The summed E-state index contributed by atoms with van der Waals surface area (Å²) in [6.45, 7) is -2.08. The van der Waals surface area contributed by atoms with Crippen molar-refractivity contribution < 1.29 is 27.8 Å². The summed E-state index contributed by atoms with van der Waals surface area (Å²) in [5.74, 6) is -2.32. The number of nitrogens with zero attached hydrogens (tertiary/aromatic N) is 3. The van der Waals surface area contributed by atoms with Crippen LogP contribution in [0.4, 0.5) is 13.2 Å².